The molecule has 4 rings (SSSR count). The highest BCUT2D eigenvalue weighted by Gasteiger charge is 2.38. The Balaban J connectivity index is 1.48. The van der Waals surface area contributed by atoms with Crippen LogP contribution in [0.2, 0.25) is 0 Å². The molecule has 0 bridgehead atoms. The maximum Gasteiger partial charge on any atom is 0.244 e. The van der Waals surface area contributed by atoms with Crippen molar-refractivity contribution in [2.45, 2.75) is 50.8 Å². The Morgan fingerprint density at radius 2 is 2.04 bits per heavy atom. The molecule has 2 aliphatic rings. The molecule has 1 aliphatic heterocycles. The van der Waals surface area contributed by atoms with Crippen LogP contribution >= 0.6 is 0 Å². The van der Waals surface area contributed by atoms with Crippen molar-refractivity contribution in [1.82, 2.24) is 19.9 Å². The van der Waals surface area contributed by atoms with Crippen molar-refractivity contribution in [2.24, 2.45) is 0 Å². The van der Waals surface area contributed by atoms with Gasteiger partial charge in [0.05, 0.1) is 24.4 Å². The summed E-state index contributed by atoms with van der Waals surface area (Å²) in [6.45, 7) is 5.39. The predicted molar refractivity (Wildman–Crippen MR) is 92.9 cm³/mol. The van der Waals surface area contributed by atoms with E-state index in [1.54, 1.807) is 4.68 Å². The van der Waals surface area contributed by atoms with Crippen LogP contribution in [-0.2, 0) is 16.1 Å². The molecule has 1 aromatic heterocycles. The van der Waals surface area contributed by atoms with Crippen molar-refractivity contribution in [3.05, 3.63) is 47.8 Å². The Hall–Kier alpha value is -2.21. The summed E-state index contributed by atoms with van der Waals surface area (Å²) < 4.78 is 7.69. The molecule has 1 amide bonds. The highest BCUT2D eigenvalue weighted by atomic mass is 16.5. The van der Waals surface area contributed by atoms with Crippen LogP contribution in [0.4, 0.5) is 0 Å². The summed E-state index contributed by atoms with van der Waals surface area (Å²) >= 11 is 0. The fraction of sp³-hybridized carbons (Fsp3) is 0.526. The Labute approximate surface area is 147 Å². The summed E-state index contributed by atoms with van der Waals surface area (Å²) in [7, 11) is 0. The largest absolute Gasteiger partial charge is 0.369 e. The molecule has 6 heteroatoms. The topological polar surface area (TPSA) is 60.2 Å². The van der Waals surface area contributed by atoms with Crippen molar-refractivity contribution in [2.75, 3.05) is 13.2 Å². The van der Waals surface area contributed by atoms with Crippen LogP contribution in [0.15, 0.2) is 36.5 Å². The fourth-order valence-electron chi connectivity index (χ4n) is 3.34. The second-order valence-electron chi connectivity index (χ2n) is 7.64. The third-order valence-electron chi connectivity index (χ3n) is 5.04. The normalized spacial score (nSPS) is 22.8. The van der Waals surface area contributed by atoms with E-state index in [-0.39, 0.29) is 24.1 Å². The molecule has 0 spiro atoms. The van der Waals surface area contributed by atoms with E-state index in [4.69, 9.17) is 4.74 Å². The van der Waals surface area contributed by atoms with Crippen molar-refractivity contribution in [1.29, 1.82) is 0 Å². The molecule has 6 nitrogen and oxygen atoms in total. The number of benzene rings is 1. The van der Waals surface area contributed by atoms with Gasteiger partial charge in [0, 0.05) is 12.1 Å². The molecule has 1 unspecified atom stereocenters. The lowest BCUT2D eigenvalue weighted by Crippen LogP contribution is -2.57. The summed E-state index contributed by atoms with van der Waals surface area (Å²) in [5.41, 5.74) is 1.78. The van der Waals surface area contributed by atoms with Crippen LogP contribution in [0.25, 0.3) is 0 Å². The molecule has 1 atom stereocenters. The summed E-state index contributed by atoms with van der Waals surface area (Å²) in [5.74, 6) is 0.604. The number of carbonyl (C=O) groups excluding carboxylic acids is 1. The quantitative estimate of drug-likeness (QED) is 0.858. The maximum atomic E-state index is 12.9. The lowest BCUT2D eigenvalue weighted by atomic mass is 9.98. The first kappa shape index (κ1) is 16.3. The average Bonchev–Trinajstić information content (AvgIpc) is 3.35. The van der Waals surface area contributed by atoms with Gasteiger partial charge in [-0.15, -0.1) is 5.10 Å². The number of aromatic nitrogens is 3. The van der Waals surface area contributed by atoms with Crippen molar-refractivity contribution in [3.8, 4) is 0 Å². The van der Waals surface area contributed by atoms with Gasteiger partial charge >= 0.3 is 0 Å². The Bertz CT molecular complexity index is 752. The Morgan fingerprint density at radius 3 is 2.76 bits per heavy atom. The van der Waals surface area contributed by atoms with Gasteiger partial charge in [-0.3, -0.25) is 4.79 Å². The van der Waals surface area contributed by atoms with Gasteiger partial charge in [0.25, 0.3) is 0 Å². The zero-order chi connectivity index (χ0) is 17.4. The molecular formula is C19H24N4O2. The van der Waals surface area contributed by atoms with Crippen LogP contribution in [0.3, 0.4) is 0 Å². The van der Waals surface area contributed by atoms with Gasteiger partial charge in [0.1, 0.15) is 12.6 Å². The van der Waals surface area contributed by atoms with Crippen molar-refractivity contribution >= 4 is 5.91 Å². The lowest BCUT2D eigenvalue weighted by Gasteiger charge is -2.45. The number of amides is 1. The van der Waals surface area contributed by atoms with Gasteiger partial charge in [-0.2, -0.15) is 0 Å². The second kappa shape index (κ2) is 6.26. The smallest absolute Gasteiger partial charge is 0.244 e. The van der Waals surface area contributed by atoms with E-state index in [1.807, 2.05) is 55.3 Å². The standard InChI is InChI=1S/C19H24N4O2/c1-19(2)13-25-17(15-6-4-3-5-7-15)11-23(19)18(24)12-22-10-16(20-21-22)14-8-9-14/h3-7,10,14,17H,8-9,11-13H2,1-2H3. The highest BCUT2D eigenvalue weighted by molar-refractivity contribution is 5.77. The molecule has 1 aliphatic carbocycles. The molecule has 1 saturated heterocycles. The first-order valence-corrected chi connectivity index (χ1v) is 8.90. The molecule has 2 fully saturated rings. The van der Waals surface area contributed by atoms with E-state index in [1.165, 1.54) is 12.8 Å². The second-order valence-corrected chi connectivity index (χ2v) is 7.64. The van der Waals surface area contributed by atoms with E-state index in [0.717, 1.165) is 11.3 Å². The van der Waals surface area contributed by atoms with Crippen molar-refractivity contribution in [3.63, 3.8) is 0 Å². The fourth-order valence-corrected chi connectivity index (χ4v) is 3.34. The number of nitrogens with zero attached hydrogens (tertiary/aromatic N) is 4. The third-order valence-corrected chi connectivity index (χ3v) is 5.04. The zero-order valence-corrected chi connectivity index (χ0v) is 14.8. The van der Waals surface area contributed by atoms with E-state index in [9.17, 15) is 4.79 Å². The van der Waals surface area contributed by atoms with Crippen molar-refractivity contribution < 1.29 is 9.53 Å². The molecule has 1 saturated carbocycles. The molecule has 2 heterocycles. The van der Waals surface area contributed by atoms with Gasteiger partial charge in [-0.1, -0.05) is 35.5 Å². The zero-order valence-electron chi connectivity index (χ0n) is 14.8. The van der Waals surface area contributed by atoms with E-state index >= 15 is 0 Å². The van der Waals surface area contributed by atoms with Gasteiger partial charge in [-0.25, -0.2) is 4.68 Å². The number of ether oxygens (including phenoxy) is 1. The molecule has 132 valence electrons. The molecule has 2 aromatic rings. The van der Waals surface area contributed by atoms with Gasteiger partial charge in [0.2, 0.25) is 5.91 Å². The molecule has 25 heavy (non-hydrogen) atoms. The molecule has 0 N–H and O–H groups in total. The number of carbonyl (C=O) groups is 1. The number of hydrogen-bond acceptors (Lipinski definition) is 4. The van der Waals surface area contributed by atoms with Crippen LogP contribution in [0.5, 0.6) is 0 Å². The summed E-state index contributed by atoms with van der Waals surface area (Å²) in [6.07, 6.45) is 4.19. The maximum absolute atomic E-state index is 12.9. The molecule has 1 aromatic carbocycles. The first-order chi connectivity index (χ1) is 12.0. The van der Waals surface area contributed by atoms with Crippen LogP contribution in [-0.4, -0.2) is 44.5 Å². The lowest BCUT2D eigenvalue weighted by molar-refractivity contribution is -0.155. The average molecular weight is 340 g/mol. The number of hydrogen-bond donors (Lipinski definition) is 0. The number of morpholine rings is 1. The summed E-state index contributed by atoms with van der Waals surface area (Å²) in [6, 6.07) is 10.1. The molecular weight excluding hydrogens is 316 g/mol. The van der Waals surface area contributed by atoms with E-state index in [0.29, 0.717) is 19.1 Å². The minimum Gasteiger partial charge on any atom is -0.369 e. The molecule has 0 radical (unpaired) electrons. The summed E-state index contributed by atoms with van der Waals surface area (Å²) in [4.78, 5) is 14.9. The SMILES string of the molecule is CC1(C)COC(c2ccccc2)CN1C(=O)Cn1cc(C2CC2)nn1. The Kier molecular flexibility index (Phi) is 4.07. The summed E-state index contributed by atoms with van der Waals surface area (Å²) in [5, 5.41) is 8.32. The van der Waals surface area contributed by atoms with Crippen LogP contribution in [0.1, 0.15) is 50.0 Å². The van der Waals surface area contributed by atoms with Gasteiger partial charge < -0.3 is 9.64 Å². The monoisotopic (exact) mass is 340 g/mol. The highest BCUT2D eigenvalue weighted by Crippen LogP contribution is 2.38. The van der Waals surface area contributed by atoms with Crippen LogP contribution in [0, 0.1) is 0 Å². The number of rotatable bonds is 4. The predicted octanol–water partition coefficient (Wildman–Crippen LogP) is 2.53. The van der Waals surface area contributed by atoms with Crippen LogP contribution < -0.4 is 0 Å². The minimum atomic E-state index is -0.331. The van der Waals surface area contributed by atoms with Gasteiger partial charge in [0.15, 0.2) is 0 Å². The van der Waals surface area contributed by atoms with Gasteiger partial charge in [-0.05, 0) is 32.3 Å². The van der Waals surface area contributed by atoms with E-state index < -0.39 is 0 Å². The Morgan fingerprint density at radius 1 is 1.28 bits per heavy atom. The third kappa shape index (κ3) is 3.44. The first-order valence-electron chi connectivity index (χ1n) is 8.90. The minimum absolute atomic E-state index is 0.0569. The van der Waals surface area contributed by atoms with E-state index in [2.05, 4.69) is 10.3 Å².